The van der Waals surface area contributed by atoms with Gasteiger partial charge in [-0.25, -0.2) is 0 Å². The van der Waals surface area contributed by atoms with Gasteiger partial charge in [0, 0.05) is 18.4 Å². The second kappa shape index (κ2) is 2.64. The molecule has 1 aliphatic heterocycles. The first-order chi connectivity index (χ1) is 5.04. The highest BCUT2D eigenvalue weighted by atomic mass is 16.2. The van der Waals surface area contributed by atoms with Gasteiger partial charge >= 0.3 is 0 Å². The van der Waals surface area contributed by atoms with Gasteiger partial charge in [0.25, 0.3) is 0 Å². The number of imide groups is 1. The van der Waals surface area contributed by atoms with Crippen LogP contribution in [0.4, 0.5) is 0 Å². The summed E-state index contributed by atoms with van der Waals surface area (Å²) in [6.45, 7) is 5.50. The molecule has 0 radical (unpaired) electrons. The van der Waals surface area contributed by atoms with Gasteiger partial charge in [-0.3, -0.25) is 14.5 Å². The van der Waals surface area contributed by atoms with E-state index < -0.39 is 0 Å². The third kappa shape index (κ3) is 1.27. The molecule has 62 valence electrons. The number of rotatable bonds is 1. The van der Waals surface area contributed by atoms with E-state index >= 15 is 0 Å². The van der Waals surface area contributed by atoms with Crippen molar-refractivity contribution in [1.82, 2.24) is 4.90 Å². The summed E-state index contributed by atoms with van der Waals surface area (Å²) in [5.41, 5.74) is 0. The lowest BCUT2D eigenvalue weighted by atomic mass is 10.1. The Kier molecular flexibility index (Phi) is 1.98. The number of carbonyl (C=O) groups is 2. The summed E-state index contributed by atoms with van der Waals surface area (Å²) in [4.78, 5) is 23.8. The van der Waals surface area contributed by atoms with E-state index in [-0.39, 0.29) is 23.8 Å². The zero-order valence-corrected chi connectivity index (χ0v) is 7.13. The van der Waals surface area contributed by atoms with Gasteiger partial charge in [-0.15, -0.1) is 0 Å². The lowest BCUT2D eigenvalue weighted by molar-refractivity contribution is -0.141. The van der Waals surface area contributed by atoms with Crippen molar-refractivity contribution < 1.29 is 9.59 Å². The summed E-state index contributed by atoms with van der Waals surface area (Å²) >= 11 is 0. The van der Waals surface area contributed by atoms with E-state index in [0.717, 1.165) is 0 Å². The van der Waals surface area contributed by atoms with E-state index in [0.29, 0.717) is 6.42 Å². The number of nitrogens with zero attached hydrogens (tertiary/aromatic N) is 1. The molecule has 0 aliphatic carbocycles. The van der Waals surface area contributed by atoms with Crippen LogP contribution in [0.2, 0.25) is 0 Å². The minimum atomic E-state index is -0.107. The highest BCUT2D eigenvalue weighted by molar-refractivity contribution is 6.03. The third-order valence-corrected chi connectivity index (χ3v) is 1.92. The monoisotopic (exact) mass is 155 g/mol. The summed E-state index contributed by atoms with van der Waals surface area (Å²) in [6.07, 6.45) is 0.386. The lowest BCUT2D eigenvalue weighted by Crippen LogP contribution is -2.36. The van der Waals surface area contributed by atoms with Crippen LogP contribution in [0.1, 0.15) is 27.2 Å². The minimum Gasteiger partial charge on any atom is -0.280 e. The van der Waals surface area contributed by atoms with Crippen LogP contribution in [-0.2, 0) is 9.59 Å². The van der Waals surface area contributed by atoms with Gasteiger partial charge in [0.15, 0.2) is 0 Å². The molecule has 1 rings (SSSR count). The van der Waals surface area contributed by atoms with Crippen molar-refractivity contribution in [2.45, 2.75) is 33.2 Å². The van der Waals surface area contributed by atoms with Gasteiger partial charge < -0.3 is 0 Å². The van der Waals surface area contributed by atoms with Crippen molar-refractivity contribution in [3.63, 3.8) is 0 Å². The van der Waals surface area contributed by atoms with Crippen LogP contribution in [0.25, 0.3) is 0 Å². The normalized spacial score (nSPS) is 25.5. The van der Waals surface area contributed by atoms with Gasteiger partial charge in [0.05, 0.1) is 0 Å². The molecule has 0 aromatic heterocycles. The Morgan fingerprint density at radius 3 is 2.18 bits per heavy atom. The van der Waals surface area contributed by atoms with Crippen LogP contribution in [0.3, 0.4) is 0 Å². The zero-order valence-electron chi connectivity index (χ0n) is 7.13. The van der Waals surface area contributed by atoms with Gasteiger partial charge in [0.2, 0.25) is 11.8 Å². The molecule has 0 aromatic carbocycles. The zero-order chi connectivity index (χ0) is 8.59. The van der Waals surface area contributed by atoms with Gasteiger partial charge in [0.1, 0.15) is 0 Å². The van der Waals surface area contributed by atoms with Gasteiger partial charge in [-0.2, -0.15) is 0 Å². The fraction of sp³-hybridized carbons (Fsp3) is 0.750. The average molecular weight is 155 g/mol. The number of carbonyl (C=O) groups excluding carboxylic acids is 2. The van der Waals surface area contributed by atoms with Crippen LogP contribution >= 0.6 is 0 Å². The van der Waals surface area contributed by atoms with Crippen molar-refractivity contribution in [2.24, 2.45) is 5.92 Å². The van der Waals surface area contributed by atoms with Crippen LogP contribution in [0.5, 0.6) is 0 Å². The third-order valence-electron chi connectivity index (χ3n) is 1.92. The van der Waals surface area contributed by atoms with Gasteiger partial charge in [-0.1, -0.05) is 6.92 Å². The first-order valence-corrected chi connectivity index (χ1v) is 3.90. The molecule has 0 spiro atoms. The summed E-state index contributed by atoms with van der Waals surface area (Å²) in [5.74, 6) is -0.160. The minimum absolute atomic E-state index is 0.0138. The molecule has 0 N–H and O–H groups in total. The van der Waals surface area contributed by atoms with E-state index in [1.165, 1.54) is 4.90 Å². The predicted molar refractivity (Wildman–Crippen MR) is 40.8 cm³/mol. The molecule has 1 heterocycles. The van der Waals surface area contributed by atoms with Crippen LogP contribution < -0.4 is 0 Å². The first kappa shape index (κ1) is 8.24. The fourth-order valence-corrected chi connectivity index (χ4v) is 1.35. The molecule has 3 heteroatoms. The highest BCUT2D eigenvalue weighted by Gasteiger charge is 2.36. The topological polar surface area (TPSA) is 37.4 Å². The molecule has 0 saturated carbocycles. The molecule has 1 fully saturated rings. The molecular formula is C8H13NO2. The van der Waals surface area contributed by atoms with E-state index in [4.69, 9.17) is 0 Å². The molecule has 0 aromatic rings. The van der Waals surface area contributed by atoms with E-state index in [1.54, 1.807) is 6.92 Å². The summed E-state index contributed by atoms with van der Waals surface area (Å²) in [7, 11) is 0. The summed E-state index contributed by atoms with van der Waals surface area (Å²) < 4.78 is 0. The molecule has 1 saturated heterocycles. The number of amides is 2. The molecule has 0 bridgehead atoms. The highest BCUT2D eigenvalue weighted by Crippen LogP contribution is 2.20. The Labute approximate surface area is 66.4 Å². The second-order valence-corrected chi connectivity index (χ2v) is 3.30. The molecule has 11 heavy (non-hydrogen) atoms. The molecule has 1 atom stereocenters. The summed E-state index contributed by atoms with van der Waals surface area (Å²) in [6, 6.07) is 0.0138. The molecule has 3 nitrogen and oxygen atoms in total. The number of hydrogen-bond acceptors (Lipinski definition) is 2. The van der Waals surface area contributed by atoms with Crippen molar-refractivity contribution >= 4 is 11.8 Å². The Morgan fingerprint density at radius 1 is 1.45 bits per heavy atom. The standard InChI is InChI=1S/C8H13NO2/c1-5(2)9-7(10)4-6(3)8(9)11/h5-6H,4H2,1-3H3/t6-/m0/s1. The number of likely N-dealkylation sites (tertiary alicyclic amines) is 1. The van der Waals surface area contributed by atoms with E-state index in [9.17, 15) is 9.59 Å². The second-order valence-electron chi connectivity index (χ2n) is 3.30. The van der Waals surface area contributed by atoms with E-state index in [2.05, 4.69) is 0 Å². The van der Waals surface area contributed by atoms with Crippen molar-refractivity contribution in [2.75, 3.05) is 0 Å². The maximum absolute atomic E-state index is 11.3. The maximum Gasteiger partial charge on any atom is 0.232 e. The van der Waals surface area contributed by atoms with Crippen LogP contribution in [0.15, 0.2) is 0 Å². The van der Waals surface area contributed by atoms with Crippen molar-refractivity contribution in [3.8, 4) is 0 Å². The first-order valence-electron chi connectivity index (χ1n) is 3.90. The molecule has 1 aliphatic rings. The Balaban J connectivity index is 2.80. The Hall–Kier alpha value is -0.860. The van der Waals surface area contributed by atoms with Crippen LogP contribution in [0, 0.1) is 5.92 Å². The lowest BCUT2D eigenvalue weighted by Gasteiger charge is -2.18. The number of hydrogen-bond donors (Lipinski definition) is 0. The quantitative estimate of drug-likeness (QED) is 0.525. The van der Waals surface area contributed by atoms with Crippen LogP contribution in [-0.4, -0.2) is 22.8 Å². The molecule has 0 unspecified atom stereocenters. The Bertz CT molecular complexity index is 198. The maximum atomic E-state index is 11.3. The van der Waals surface area contributed by atoms with E-state index in [1.807, 2.05) is 13.8 Å². The molecular weight excluding hydrogens is 142 g/mol. The fourth-order valence-electron chi connectivity index (χ4n) is 1.35. The predicted octanol–water partition coefficient (Wildman–Crippen LogP) is 0.790. The summed E-state index contributed by atoms with van der Waals surface area (Å²) in [5, 5.41) is 0. The van der Waals surface area contributed by atoms with Crippen molar-refractivity contribution in [1.29, 1.82) is 0 Å². The molecule has 2 amide bonds. The van der Waals surface area contributed by atoms with Gasteiger partial charge in [-0.05, 0) is 13.8 Å². The largest absolute Gasteiger partial charge is 0.280 e. The van der Waals surface area contributed by atoms with Crippen molar-refractivity contribution in [3.05, 3.63) is 0 Å². The Morgan fingerprint density at radius 2 is 2.00 bits per heavy atom. The average Bonchev–Trinajstić information content (AvgIpc) is 2.07. The SMILES string of the molecule is CC(C)N1C(=O)C[C@H](C)C1=O. The smallest absolute Gasteiger partial charge is 0.232 e.